The minimum absolute atomic E-state index is 0.297. The molecule has 0 spiro atoms. The fourth-order valence-corrected chi connectivity index (χ4v) is 4.67. The molecular weight excluding hydrogens is 428 g/mol. The third kappa shape index (κ3) is 3.92. The number of thiazole rings is 1. The van der Waals surface area contributed by atoms with Crippen LogP contribution in [-0.2, 0) is 14.3 Å². The lowest BCUT2D eigenvalue weighted by atomic mass is 9.96. The van der Waals surface area contributed by atoms with E-state index in [1.165, 1.54) is 29.9 Å². The van der Waals surface area contributed by atoms with Gasteiger partial charge >= 0.3 is 11.9 Å². The Hall–Kier alpha value is -3.78. The van der Waals surface area contributed by atoms with E-state index in [-0.39, 0.29) is 5.56 Å². The summed E-state index contributed by atoms with van der Waals surface area (Å²) in [5.41, 5.74) is 1.88. The Balaban J connectivity index is 1.95. The maximum Gasteiger partial charge on any atom is 0.338 e. The van der Waals surface area contributed by atoms with E-state index in [0.717, 1.165) is 5.56 Å². The maximum atomic E-state index is 13.5. The summed E-state index contributed by atoms with van der Waals surface area (Å²) in [4.78, 5) is 42.6. The van der Waals surface area contributed by atoms with Crippen molar-refractivity contribution in [3.05, 3.63) is 96.7 Å². The first-order chi connectivity index (χ1) is 15.4. The number of rotatable bonds is 4. The third-order valence-corrected chi connectivity index (χ3v) is 5.98. The van der Waals surface area contributed by atoms with Crippen molar-refractivity contribution in [1.29, 1.82) is 0 Å². The lowest BCUT2D eigenvalue weighted by Gasteiger charge is -2.24. The van der Waals surface area contributed by atoms with Gasteiger partial charge < -0.3 is 9.47 Å². The highest BCUT2D eigenvalue weighted by atomic mass is 32.1. The molecule has 1 atom stereocenters. The van der Waals surface area contributed by atoms with Gasteiger partial charge in [0.1, 0.15) is 5.75 Å². The van der Waals surface area contributed by atoms with E-state index in [1.54, 1.807) is 37.3 Å². The third-order valence-electron chi connectivity index (χ3n) is 5.00. The Labute approximate surface area is 187 Å². The van der Waals surface area contributed by atoms with Gasteiger partial charge in [0, 0.05) is 12.5 Å². The molecule has 8 heteroatoms. The number of carbonyl (C=O) groups is 2. The number of carbonyl (C=O) groups excluding carboxylic acids is 2. The summed E-state index contributed by atoms with van der Waals surface area (Å²) in [6.07, 6.45) is 1.67. The first-order valence-corrected chi connectivity index (χ1v) is 10.7. The highest BCUT2D eigenvalue weighted by molar-refractivity contribution is 7.07. The zero-order chi connectivity index (χ0) is 22.8. The molecule has 2 heterocycles. The monoisotopic (exact) mass is 448 g/mol. The van der Waals surface area contributed by atoms with E-state index in [4.69, 9.17) is 9.47 Å². The number of para-hydroxylation sites is 1. The Bertz CT molecular complexity index is 1420. The average Bonchev–Trinajstić information content (AvgIpc) is 3.08. The van der Waals surface area contributed by atoms with Crippen molar-refractivity contribution in [2.45, 2.75) is 19.9 Å². The van der Waals surface area contributed by atoms with Crippen LogP contribution in [-0.4, -0.2) is 23.6 Å². The number of ether oxygens (including phenoxy) is 2. The smallest absolute Gasteiger partial charge is 0.338 e. The molecule has 0 amide bonds. The van der Waals surface area contributed by atoms with Gasteiger partial charge in [-0.3, -0.25) is 14.2 Å². The molecular formula is C24H20N2O5S. The summed E-state index contributed by atoms with van der Waals surface area (Å²) in [6.45, 7) is 3.05. The van der Waals surface area contributed by atoms with Gasteiger partial charge in [0.15, 0.2) is 4.80 Å². The van der Waals surface area contributed by atoms with Crippen LogP contribution in [0.3, 0.4) is 0 Å². The molecule has 4 rings (SSSR count). The predicted octanol–water partition coefficient (Wildman–Crippen LogP) is 2.33. The summed E-state index contributed by atoms with van der Waals surface area (Å²) in [5.74, 6) is -0.624. The maximum absolute atomic E-state index is 13.5. The molecule has 0 radical (unpaired) electrons. The molecule has 1 aromatic heterocycles. The van der Waals surface area contributed by atoms with Gasteiger partial charge in [0.2, 0.25) is 0 Å². The Morgan fingerprint density at radius 1 is 1.09 bits per heavy atom. The molecule has 3 aromatic rings. The molecule has 32 heavy (non-hydrogen) atoms. The quantitative estimate of drug-likeness (QED) is 0.452. The fraction of sp³-hybridized carbons (Fsp3) is 0.167. The van der Waals surface area contributed by atoms with Crippen molar-refractivity contribution >= 4 is 29.4 Å². The van der Waals surface area contributed by atoms with E-state index in [2.05, 4.69) is 4.99 Å². The van der Waals surface area contributed by atoms with Crippen LogP contribution in [0.25, 0.3) is 6.08 Å². The number of hydrogen-bond acceptors (Lipinski definition) is 7. The fourth-order valence-electron chi connectivity index (χ4n) is 3.63. The van der Waals surface area contributed by atoms with E-state index >= 15 is 0 Å². The summed E-state index contributed by atoms with van der Waals surface area (Å²) in [6, 6.07) is 15.6. The predicted molar refractivity (Wildman–Crippen MR) is 120 cm³/mol. The normalized spacial score (nSPS) is 15.7. The largest absolute Gasteiger partial charge is 0.466 e. The van der Waals surface area contributed by atoms with Gasteiger partial charge in [-0.05, 0) is 24.6 Å². The number of nitrogens with zero attached hydrogens (tertiary/aromatic N) is 2. The van der Waals surface area contributed by atoms with Crippen LogP contribution in [0.2, 0.25) is 0 Å². The van der Waals surface area contributed by atoms with Crippen molar-refractivity contribution in [2.75, 3.05) is 7.11 Å². The summed E-state index contributed by atoms with van der Waals surface area (Å²) in [7, 11) is 1.31. The number of allylic oxidation sites excluding steroid dienone is 1. The average molecular weight is 449 g/mol. The van der Waals surface area contributed by atoms with Crippen LogP contribution >= 0.6 is 11.3 Å². The molecule has 1 aliphatic rings. The molecule has 0 saturated heterocycles. The zero-order valence-corrected chi connectivity index (χ0v) is 18.5. The number of aromatic nitrogens is 1. The molecule has 0 aliphatic carbocycles. The molecule has 7 nitrogen and oxygen atoms in total. The highest BCUT2D eigenvalue weighted by Crippen LogP contribution is 2.30. The van der Waals surface area contributed by atoms with Crippen molar-refractivity contribution in [3.63, 3.8) is 0 Å². The van der Waals surface area contributed by atoms with Crippen molar-refractivity contribution < 1.29 is 19.1 Å². The van der Waals surface area contributed by atoms with Crippen LogP contribution in [0.15, 0.2) is 75.7 Å². The Kier molecular flexibility index (Phi) is 5.87. The molecule has 1 aliphatic heterocycles. The number of methoxy groups -OCH3 is 1. The van der Waals surface area contributed by atoms with E-state index < -0.39 is 18.0 Å². The first kappa shape index (κ1) is 21.5. The van der Waals surface area contributed by atoms with Crippen LogP contribution in [0.5, 0.6) is 5.75 Å². The minimum atomic E-state index is -0.661. The van der Waals surface area contributed by atoms with Gasteiger partial charge in [-0.1, -0.05) is 59.9 Å². The van der Waals surface area contributed by atoms with E-state index in [9.17, 15) is 14.4 Å². The van der Waals surface area contributed by atoms with Gasteiger partial charge in [0.25, 0.3) is 5.56 Å². The summed E-state index contributed by atoms with van der Waals surface area (Å²) < 4.78 is 12.2. The van der Waals surface area contributed by atoms with Crippen LogP contribution < -0.4 is 19.6 Å². The second-order valence-electron chi connectivity index (χ2n) is 7.12. The van der Waals surface area contributed by atoms with Crippen molar-refractivity contribution in [3.8, 4) is 5.75 Å². The molecule has 2 aromatic carbocycles. The molecule has 0 N–H and O–H groups in total. The summed E-state index contributed by atoms with van der Waals surface area (Å²) in [5, 5.41) is 0. The van der Waals surface area contributed by atoms with Crippen LogP contribution in [0.4, 0.5) is 0 Å². The Morgan fingerprint density at radius 2 is 1.78 bits per heavy atom. The molecule has 0 fully saturated rings. The second kappa shape index (κ2) is 8.76. The van der Waals surface area contributed by atoms with Crippen molar-refractivity contribution in [1.82, 2.24) is 4.57 Å². The van der Waals surface area contributed by atoms with Gasteiger partial charge in [0.05, 0.1) is 29.0 Å². The topological polar surface area (TPSA) is 87.0 Å². The molecule has 0 saturated carbocycles. The molecule has 0 bridgehead atoms. The van der Waals surface area contributed by atoms with E-state index in [1.807, 2.05) is 30.3 Å². The first-order valence-electron chi connectivity index (χ1n) is 9.84. The molecule has 162 valence electrons. The lowest BCUT2D eigenvalue weighted by molar-refractivity contribution is -0.136. The van der Waals surface area contributed by atoms with Gasteiger partial charge in [-0.15, -0.1) is 0 Å². The number of benzene rings is 2. The minimum Gasteiger partial charge on any atom is -0.466 e. The van der Waals surface area contributed by atoms with Gasteiger partial charge in [-0.25, -0.2) is 9.79 Å². The zero-order valence-electron chi connectivity index (χ0n) is 17.7. The molecule has 1 unspecified atom stereocenters. The number of hydrogen-bond donors (Lipinski definition) is 0. The SMILES string of the molecule is COC(=O)C1=C(C)N=c2sc(=Cc3ccccc3OC(C)=O)c(=O)n2C1c1ccccc1. The van der Waals surface area contributed by atoms with Crippen LogP contribution in [0.1, 0.15) is 31.0 Å². The Morgan fingerprint density at radius 3 is 2.47 bits per heavy atom. The summed E-state index contributed by atoms with van der Waals surface area (Å²) >= 11 is 1.21. The highest BCUT2D eigenvalue weighted by Gasteiger charge is 2.32. The van der Waals surface area contributed by atoms with Gasteiger partial charge in [-0.2, -0.15) is 0 Å². The van der Waals surface area contributed by atoms with Crippen molar-refractivity contribution in [2.24, 2.45) is 4.99 Å². The number of fused-ring (bicyclic) bond motifs is 1. The lowest BCUT2D eigenvalue weighted by Crippen LogP contribution is -2.39. The second-order valence-corrected chi connectivity index (χ2v) is 8.12. The number of esters is 2. The van der Waals surface area contributed by atoms with E-state index in [0.29, 0.717) is 31.9 Å². The van der Waals surface area contributed by atoms with Crippen LogP contribution in [0, 0.1) is 0 Å². The standard InChI is InChI=1S/C24H20N2O5S/c1-14-20(23(29)30-3)21(16-9-5-4-6-10-16)26-22(28)19(32-24(26)25-14)13-17-11-7-8-12-18(17)31-15(2)27/h4-13,21H,1-3H3.